The molecule has 0 aromatic heterocycles. The smallest absolute Gasteiger partial charge is 0.240 e. The van der Waals surface area contributed by atoms with Crippen LogP contribution in [0.25, 0.3) is 0 Å². The molecule has 0 aromatic carbocycles. The quantitative estimate of drug-likeness (QED) is 0.497. The van der Waals surface area contributed by atoms with E-state index in [1.165, 1.54) is 0 Å². The van der Waals surface area contributed by atoms with Crippen molar-refractivity contribution in [3.63, 3.8) is 0 Å². The Morgan fingerprint density at radius 2 is 1.71 bits per heavy atom. The molecule has 0 N–H and O–H groups in total. The summed E-state index contributed by atoms with van der Waals surface area (Å²) in [6, 6.07) is 0. The lowest BCUT2D eigenvalue weighted by molar-refractivity contribution is -0.206. The van der Waals surface area contributed by atoms with Gasteiger partial charge >= 0.3 is 6.18 Å². The molecule has 7 heteroatoms. The fraction of sp³-hybridized carbons (Fsp3) is 0.714. The van der Waals surface area contributed by atoms with Gasteiger partial charge in [-0.3, -0.25) is 0 Å². The number of allylic oxidation sites excluding steroid dienone is 1. The molecule has 1 fully saturated rings. The predicted octanol–water partition coefficient (Wildman–Crippen LogP) is 2.84. The largest absolute Gasteiger partial charge is 0.423 e. The lowest BCUT2D eigenvalue weighted by Gasteiger charge is -2.16. The maximum Gasteiger partial charge on any atom is 0.423 e. The highest BCUT2D eigenvalue weighted by Gasteiger charge is 2.88. The Hall–Kier alpha value is -0.750. The number of hydrogen-bond donors (Lipinski definition) is 0. The van der Waals surface area contributed by atoms with Crippen molar-refractivity contribution < 1.29 is 30.7 Å². The number of halogens is 7. The molecule has 0 nitrogen and oxygen atoms in total. The first-order valence-corrected chi connectivity index (χ1v) is 3.48. The molecule has 0 amide bonds. The van der Waals surface area contributed by atoms with Crippen LogP contribution in [0, 0.1) is 0 Å². The molecule has 0 bridgehead atoms. The second-order valence-corrected chi connectivity index (χ2v) is 3.01. The Bertz CT molecular complexity index is 259. The number of rotatable bonds is 2. The van der Waals surface area contributed by atoms with E-state index in [-0.39, 0.29) is 6.08 Å². The lowest BCUT2D eigenvalue weighted by atomic mass is 10.1. The molecule has 82 valence electrons. The van der Waals surface area contributed by atoms with Crippen molar-refractivity contribution in [2.24, 2.45) is 0 Å². The molecular weight excluding hydrogens is 217 g/mol. The Kier molecular flexibility index (Phi) is 2.13. The second-order valence-electron chi connectivity index (χ2n) is 3.01. The first-order chi connectivity index (χ1) is 6.12. The minimum atomic E-state index is -5.63. The number of hydrogen-bond acceptors (Lipinski definition) is 0. The molecule has 0 spiro atoms. The van der Waals surface area contributed by atoms with E-state index in [2.05, 4.69) is 6.58 Å². The molecule has 0 aromatic rings. The van der Waals surface area contributed by atoms with Gasteiger partial charge in [0.1, 0.15) is 0 Å². The third-order valence-electron chi connectivity index (χ3n) is 2.19. The fourth-order valence-electron chi connectivity index (χ4n) is 1.23. The third kappa shape index (κ3) is 1.07. The van der Waals surface area contributed by atoms with Crippen molar-refractivity contribution in [3.05, 3.63) is 12.7 Å². The summed E-state index contributed by atoms with van der Waals surface area (Å²) in [5.74, 6) is 0. The molecule has 4 unspecified atom stereocenters. The topological polar surface area (TPSA) is 0 Å². The average Bonchev–Trinajstić information content (AvgIpc) is 2.51. The first-order valence-electron chi connectivity index (χ1n) is 3.48. The van der Waals surface area contributed by atoms with Gasteiger partial charge in [0, 0.05) is 0 Å². The van der Waals surface area contributed by atoms with Crippen molar-refractivity contribution in [2.45, 2.75) is 29.9 Å². The molecule has 1 rings (SSSR count). The molecule has 1 saturated carbocycles. The van der Waals surface area contributed by atoms with Crippen LogP contribution >= 0.6 is 0 Å². The SMILES string of the molecule is C=CC1(F)C(F)C1(F)C(F)C(F)(F)F. The Morgan fingerprint density at radius 3 is 1.93 bits per heavy atom. The van der Waals surface area contributed by atoms with Crippen LogP contribution in [0.5, 0.6) is 0 Å². The Labute approximate surface area is 74.4 Å². The fourth-order valence-corrected chi connectivity index (χ4v) is 1.23. The van der Waals surface area contributed by atoms with Gasteiger partial charge in [0.25, 0.3) is 0 Å². The van der Waals surface area contributed by atoms with Crippen LogP contribution < -0.4 is 0 Å². The molecule has 4 atom stereocenters. The van der Waals surface area contributed by atoms with Gasteiger partial charge in [-0.1, -0.05) is 6.58 Å². The summed E-state index contributed by atoms with van der Waals surface area (Å²) in [7, 11) is 0. The highest BCUT2D eigenvalue weighted by atomic mass is 19.4. The summed E-state index contributed by atoms with van der Waals surface area (Å²) < 4.78 is 85.5. The van der Waals surface area contributed by atoms with Gasteiger partial charge in [0.05, 0.1) is 0 Å². The summed E-state index contributed by atoms with van der Waals surface area (Å²) in [5, 5.41) is 0. The number of alkyl halides is 7. The molecule has 0 saturated heterocycles. The van der Waals surface area contributed by atoms with E-state index in [0.717, 1.165) is 0 Å². The minimum Gasteiger partial charge on any atom is -0.240 e. The normalized spacial score (nSPS) is 44.6. The summed E-state index contributed by atoms with van der Waals surface area (Å²) in [5.41, 5.74) is -7.77. The average molecular weight is 222 g/mol. The molecule has 14 heavy (non-hydrogen) atoms. The molecule has 0 heterocycles. The maximum absolute atomic E-state index is 12.9. The van der Waals surface area contributed by atoms with Gasteiger partial charge in [-0.15, -0.1) is 0 Å². The van der Waals surface area contributed by atoms with Crippen LogP contribution in [-0.2, 0) is 0 Å². The van der Waals surface area contributed by atoms with E-state index >= 15 is 0 Å². The minimum absolute atomic E-state index is 0.00991. The van der Waals surface area contributed by atoms with E-state index < -0.39 is 29.9 Å². The third-order valence-corrected chi connectivity index (χ3v) is 2.19. The lowest BCUT2D eigenvalue weighted by Crippen LogP contribution is -2.40. The van der Waals surface area contributed by atoms with Gasteiger partial charge in [0.2, 0.25) is 17.5 Å². The van der Waals surface area contributed by atoms with Crippen LogP contribution in [0.3, 0.4) is 0 Å². The van der Waals surface area contributed by atoms with Crippen LogP contribution in [0.15, 0.2) is 12.7 Å². The summed E-state index contributed by atoms with van der Waals surface area (Å²) in [4.78, 5) is 0. The highest BCUT2D eigenvalue weighted by molar-refractivity contribution is 5.38. The summed E-state index contributed by atoms with van der Waals surface area (Å²) in [6.07, 6.45) is -13.0. The zero-order valence-corrected chi connectivity index (χ0v) is 6.58. The van der Waals surface area contributed by atoms with E-state index in [0.29, 0.717) is 0 Å². The summed E-state index contributed by atoms with van der Waals surface area (Å²) >= 11 is 0. The molecule has 1 aliphatic rings. The van der Waals surface area contributed by atoms with Crippen molar-refractivity contribution in [2.75, 3.05) is 0 Å². The van der Waals surface area contributed by atoms with Crippen LogP contribution in [0.2, 0.25) is 0 Å². The van der Waals surface area contributed by atoms with Crippen molar-refractivity contribution in [1.29, 1.82) is 0 Å². The zero-order valence-electron chi connectivity index (χ0n) is 6.58. The molecule has 0 aliphatic heterocycles. The van der Waals surface area contributed by atoms with Gasteiger partial charge < -0.3 is 0 Å². The van der Waals surface area contributed by atoms with E-state index in [1.54, 1.807) is 0 Å². The van der Waals surface area contributed by atoms with Gasteiger partial charge in [0.15, 0.2) is 6.17 Å². The van der Waals surface area contributed by atoms with Crippen LogP contribution in [-0.4, -0.2) is 29.9 Å². The van der Waals surface area contributed by atoms with Crippen molar-refractivity contribution in [1.82, 2.24) is 0 Å². The Balaban J connectivity index is 2.96. The maximum atomic E-state index is 12.9. The molecule has 1 aliphatic carbocycles. The predicted molar refractivity (Wildman–Crippen MR) is 33.7 cm³/mol. The van der Waals surface area contributed by atoms with Gasteiger partial charge in [-0.2, -0.15) is 13.2 Å². The summed E-state index contributed by atoms with van der Waals surface area (Å²) in [6.45, 7) is 2.62. The van der Waals surface area contributed by atoms with E-state index in [1.807, 2.05) is 0 Å². The standard InChI is InChI=1S/C7H5F7/c1-2-5(10)3(8)6(5,11)4(9)7(12,13)14/h2-4H,1H2. The van der Waals surface area contributed by atoms with Crippen molar-refractivity contribution >= 4 is 0 Å². The van der Waals surface area contributed by atoms with E-state index in [4.69, 9.17) is 0 Å². The monoisotopic (exact) mass is 222 g/mol. The Morgan fingerprint density at radius 1 is 1.29 bits per heavy atom. The van der Waals surface area contributed by atoms with E-state index in [9.17, 15) is 30.7 Å². The second kappa shape index (κ2) is 2.64. The van der Waals surface area contributed by atoms with Gasteiger partial charge in [-0.25, -0.2) is 17.6 Å². The zero-order chi connectivity index (χ0) is 11.4. The van der Waals surface area contributed by atoms with Crippen LogP contribution in [0.1, 0.15) is 0 Å². The highest BCUT2D eigenvalue weighted by Crippen LogP contribution is 2.62. The molecule has 0 radical (unpaired) electrons. The van der Waals surface area contributed by atoms with Crippen LogP contribution in [0.4, 0.5) is 30.7 Å². The van der Waals surface area contributed by atoms with Crippen molar-refractivity contribution in [3.8, 4) is 0 Å². The molecular formula is C7H5F7. The first kappa shape index (κ1) is 11.3. The van der Waals surface area contributed by atoms with Gasteiger partial charge in [-0.05, 0) is 6.08 Å².